The van der Waals surface area contributed by atoms with Crippen LogP contribution in [0.2, 0.25) is 0 Å². The summed E-state index contributed by atoms with van der Waals surface area (Å²) in [6.07, 6.45) is -0.0473. The molecule has 0 spiro atoms. The van der Waals surface area contributed by atoms with Gasteiger partial charge in [0.2, 0.25) is 0 Å². The van der Waals surface area contributed by atoms with Gasteiger partial charge in [-0.25, -0.2) is 9.78 Å². The van der Waals surface area contributed by atoms with Crippen LogP contribution in [-0.4, -0.2) is 55.2 Å². The molecule has 2 heterocycles. The summed E-state index contributed by atoms with van der Waals surface area (Å²) < 4.78 is 21.4. The second-order valence-corrected chi connectivity index (χ2v) is 9.85. The third-order valence-electron chi connectivity index (χ3n) is 6.04. The van der Waals surface area contributed by atoms with Crippen molar-refractivity contribution in [1.82, 2.24) is 4.98 Å². The molecule has 1 saturated heterocycles. The Morgan fingerprint density at radius 3 is 2.28 bits per heavy atom. The van der Waals surface area contributed by atoms with Crippen molar-refractivity contribution in [1.29, 1.82) is 0 Å². The van der Waals surface area contributed by atoms with E-state index in [1.807, 2.05) is 13.8 Å². The van der Waals surface area contributed by atoms with Crippen LogP contribution in [0.1, 0.15) is 46.4 Å². The van der Waals surface area contributed by atoms with Crippen molar-refractivity contribution in [3.8, 4) is 17.2 Å². The van der Waals surface area contributed by atoms with Crippen molar-refractivity contribution < 1.29 is 38.4 Å². The van der Waals surface area contributed by atoms with E-state index >= 15 is 0 Å². The van der Waals surface area contributed by atoms with Gasteiger partial charge < -0.3 is 24.1 Å². The summed E-state index contributed by atoms with van der Waals surface area (Å²) in [5, 5.41) is 11.5. The molecule has 1 atom stereocenters. The number of ether oxygens (including phenoxy) is 4. The van der Waals surface area contributed by atoms with Gasteiger partial charge in [-0.1, -0.05) is 11.3 Å². The lowest BCUT2D eigenvalue weighted by molar-refractivity contribution is -0.132. The molecule has 3 aromatic rings. The molecule has 1 aliphatic heterocycles. The molecule has 1 aliphatic rings. The number of ketones is 1. The molecule has 1 N–H and O–H groups in total. The Bertz CT molecular complexity index is 1460. The standard InChI is InChI=1S/C28H28N2O8S/c1-14(2)38-17-9-7-16(8-10-17)23(31)21-22(19-12-11-18(35-4)13-20(19)36-5)30(26(33)24(21)32)28-29-15(3)25(39-28)27(34)37-6/h7-14,22,31H,1-6H3/b23-21+. The lowest BCUT2D eigenvalue weighted by Gasteiger charge is -2.24. The van der Waals surface area contributed by atoms with E-state index in [0.29, 0.717) is 34.1 Å². The molecule has 0 bridgehead atoms. The predicted octanol–water partition coefficient (Wildman–Crippen LogP) is 4.67. The summed E-state index contributed by atoms with van der Waals surface area (Å²) in [5.41, 5.74) is 0.900. The molecule has 39 heavy (non-hydrogen) atoms. The van der Waals surface area contributed by atoms with Crippen LogP contribution in [0.5, 0.6) is 17.2 Å². The van der Waals surface area contributed by atoms with Crippen molar-refractivity contribution in [2.24, 2.45) is 0 Å². The van der Waals surface area contributed by atoms with E-state index in [9.17, 15) is 19.5 Å². The molecule has 11 heteroatoms. The fourth-order valence-corrected chi connectivity index (χ4v) is 5.27. The molecule has 0 radical (unpaired) electrons. The number of hydrogen-bond donors (Lipinski definition) is 1. The second kappa shape index (κ2) is 11.2. The zero-order chi connectivity index (χ0) is 28.4. The number of thiazole rings is 1. The monoisotopic (exact) mass is 552 g/mol. The number of aliphatic hydroxyl groups excluding tert-OH is 1. The van der Waals surface area contributed by atoms with Crippen LogP contribution in [0.3, 0.4) is 0 Å². The highest BCUT2D eigenvalue weighted by Gasteiger charge is 2.49. The number of amides is 1. The lowest BCUT2D eigenvalue weighted by Crippen LogP contribution is -2.29. The predicted molar refractivity (Wildman–Crippen MR) is 145 cm³/mol. The molecule has 1 fully saturated rings. The Hall–Kier alpha value is -4.38. The normalized spacial score (nSPS) is 16.5. The number of rotatable bonds is 8. The van der Waals surface area contributed by atoms with Crippen LogP contribution in [0.15, 0.2) is 48.0 Å². The number of benzene rings is 2. The summed E-state index contributed by atoms with van der Waals surface area (Å²) >= 11 is 0.913. The van der Waals surface area contributed by atoms with Gasteiger partial charge in [0.1, 0.15) is 33.9 Å². The van der Waals surface area contributed by atoms with Gasteiger partial charge in [-0.15, -0.1) is 0 Å². The van der Waals surface area contributed by atoms with Crippen molar-refractivity contribution in [3.05, 3.63) is 69.7 Å². The molecule has 1 aromatic heterocycles. The number of methoxy groups -OCH3 is 3. The highest BCUT2D eigenvalue weighted by molar-refractivity contribution is 7.17. The summed E-state index contributed by atoms with van der Waals surface area (Å²) in [6, 6.07) is 10.3. The minimum Gasteiger partial charge on any atom is -0.507 e. The molecule has 10 nitrogen and oxygen atoms in total. The average molecular weight is 553 g/mol. The van der Waals surface area contributed by atoms with Crippen molar-refractivity contribution in [2.45, 2.75) is 32.9 Å². The van der Waals surface area contributed by atoms with Crippen LogP contribution in [0.4, 0.5) is 5.13 Å². The van der Waals surface area contributed by atoms with Gasteiger partial charge in [-0.05, 0) is 57.2 Å². The first-order valence-corrected chi connectivity index (χ1v) is 12.8. The molecule has 1 amide bonds. The van der Waals surface area contributed by atoms with E-state index in [-0.39, 0.29) is 27.4 Å². The molecular weight excluding hydrogens is 524 g/mol. The van der Waals surface area contributed by atoms with Gasteiger partial charge >= 0.3 is 11.9 Å². The molecule has 4 rings (SSSR count). The minimum atomic E-state index is -1.12. The Balaban J connectivity index is 1.93. The summed E-state index contributed by atoms with van der Waals surface area (Å²) in [4.78, 5) is 45.0. The van der Waals surface area contributed by atoms with Crippen LogP contribution in [-0.2, 0) is 14.3 Å². The quantitative estimate of drug-likeness (QED) is 0.184. The summed E-state index contributed by atoms with van der Waals surface area (Å²) in [6.45, 7) is 5.39. The van der Waals surface area contributed by atoms with Gasteiger partial charge in [-0.3, -0.25) is 14.5 Å². The maximum atomic E-state index is 13.5. The first kappa shape index (κ1) is 27.6. The first-order chi connectivity index (χ1) is 18.6. The number of Topliss-reactive ketones (excluding diaryl/α,β-unsaturated/α-hetero) is 1. The van der Waals surface area contributed by atoms with Gasteiger partial charge in [0.05, 0.1) is 38.7 Å². The largest absolute Gasteiger partial charge is 0.507 e. The fourth-order valence-electron chi connectivity index (χ4n) is 4.25. The zero-order valence-electron chi connectivity index (χ0n) is 22.3. The van der Waals surface area contributed by atoms with Gasteiger partial charge in [0.25, 0.3) is 5.78 Å². The third kappa shape index (κ3) is 5.17. The number of hydrogen-bond acceptors (Lipinski definition) is 10. The van der Waals surface area contributed by atoms with Gasteiger partial charge in [0, 0.05) is 17.2 Å². The summed E-state index contributed by atoms with van der Waals surface area (Å²) in [5.74, 6) is -1.42. The van der Waals surface area contributed by atoms with Crippen molar-refractivity contribution in [2.75, 3.05) is 26.2 Å². The topological polar surface area (TPSA) is 124 Å². The minimum absolute atomic E-state index is 0.0473. The van der Waals surface area contributed by atoms with Gasteiger partial charge in [0.15, 0.2) is 5.13 Å². The highest BCUT2D eigenvalue weighted by atomic mass is 32.1. The number of carbonyl (C=O) groups is 3. The van der Waals surface area contributed by atoms with Crippen molar-refractivity contribution >= 4 is 39.9 Å². The number of nitrogens with zero attached hydrogens (tertiary/aromatic N) is 2. The van der Waals surface area contributed by atoms with E-state index in [1.54, 1.807) is 49.4 Å². The third-order valence-corrected chi connectivity index (χ3v) is 7.18. The van der Waals surface area contributed by atoms with Crippen LogP contribution >= 0.6 is 11.3 Å². The number of anilines is 1. The Morgan fingerprint density at radius 2 is 1.69 bits per heavy atom. The number of aromatic nitrogens is 1. The maximum absolute atomic E-state index is 13.5. The second-order valence-electron chi connectivity index (χ2n) is 8.87. The van der Waals surface area contributed by atoms with Crippen LogP contribution in [0, 0.1) is 6.92 Å². The molecular formula is C28H28N2O8S. The zero-order valence-corrected chi connectivity index (χ0v) is 23.1. The highest BCUT2D eigenvalue weighted by Crippen LogP contribution is 2.47. The van der Waals surface area contributed by atoms with E-state index in [0.717, 1.165) is 11.3 Å². The first-order valence-electron chi connectivity index (χ1n) is 12.0. The summed E-state index contributed by atoms with van der Waals surface area (Å²) in [7, 11) is 4.19. The number of aliphatic hydroxyl groups is 1. The lowest BCUT2D eigenvalue weighted by atomic mass is 9.94. The molecule has 0 aliphatic carbocycles. The van der Waals surface area contributed by atoms with Crippen LogP contribution < -0.4 is 19.1 Å². The van der Waals surface area contributed by atoms with Gasteiger partial charge in [-0.2, -0.15) is 0 Å². The Kier molecular flexibility index (Phi) is 7.91. The molecule has 2 aromatic carbocycles. The maximum Gasteiger partial charge on any atom is 0.350 e. The SMILES string of the molecule is COC(=O)c1sc(N2C(=O)C(=O)/C(=C(/O)c3ccc(OC(C)C)cc3)C2c2ccc(OC)cc2OC)nc1C. The fraction of sp³-hybridized carbons (Fsp3) is 0.286. The van der Waals surface area contributed by atoms with E-state index < -0.39 is 23.7 Å². The molecule has 0 saturated carbocycles. The van der Waals surface area contributed by atoms with E-state index in [4.69, 9.17) is 18.9 Å². The molecule has 204 valence electrons. The van der Waals surface area contributed by atoms with Crippen molar-refractivity contribution in [3.63, 3.8) is 0 Å². The van der Waals surface area contributed by atoms with E-state index in [2.05, 4.69) is 4.98 Å². The average Bonchev–Trinajstić information content (AvgIpc) is 3.43. The number of aryl methyl sites for hydroxylation is 1. The van der Waals surface area contributed by atoms with Crippen LogP contribution in [0.25, 0.3) is 5.76 Å². The number of carbonyl (C=O) groups excluding carboxylic acids is 3. The Morgan fingerprint density at radius 1 is 1.03 bits per heavy atom. The Labute approximate surface area is 229 Å². The smallest absolute Gasteiger partial charge is 0.350 e. The van der Waals surface area contributed by atoms with E-state index in [1.165, 1.54) is 26.2 Å². The molecule has 1 unspecified atom stereocenters. The number of esters is 1.